The van der Waals surface area contributed by atoms with Crippen molar-refractivity contribution in [2.24, 2.45) is 0 Å². The van der Waals surface area contributed by atoms with E-state index in [1.165, 1.54) is 0 Å². The van der Waals surface area contributed by atoms with E-state index in [4.69, 9.17) is 20.3 Å². The molecule has 1 saturated heterocycles. The largest absolute Gasteiger partial charge is 0.394 e. The maximum atomic E-state index is 9.72. The molecule has 0 amide bonds. The maximum Gasteiger partial charge on any atom is 0.160 e. The van der Waals surface area contributed by atoms with Crippen LogP contribution in [0.2, 0.25) is 0 Å². The predicted octanol–water partition coefficient (Wildman–Crippen LogP) is -2.09. The molecule has 4 atom stereocenters. The molecule has 1 fully saturated rings. The third-order valence-electron chi connectivity index (χ3n) is 2.73. The van der Waals surface area contributed by atoms with E-state index < -0.39 is 31.1 Å². The van der Waals surface area contributed by atoms with Gasteiger partial charge in [0, 0.05) is 0 Å². The van der Waals surface area contributed by atoms with Gasteiger partial charge in [0.1, 0.15) is 24.6 Å². The van der Waals surface area contributed by atoms with Crippen LogP contribution in [-0.4, -0.2) is 66.8 Å². The topological polar surface area (TPSA) is 151 Å². The van der Waals surface area contributed by atoms with Crippen molar-refractivity contribution in [3.05, 3.63) is 12.5 Å². The van der Waals surface area contributed by atoms with Crippen LogP contribution in [0.5, 0.6) is 0 Å². The van der Waals surface area contributed by atoms with E-state index in [0.717, 1.165) is 12.5 Å². The van der Waals surface area contributed by atoms with Crippen LogP contribution in [0.1, 0.15) is 0 Å². The van der Waals surface area contributed by atoms with Gasteiger partial charge in [-0.3, -0.25) is 10.4 Å². The van der Waals surface area contributed by atoms with Gasteiger partial charge in [0.2, 0.25) is 0 Å². The van der Waals surface area contributed by atoms with Crippen molar-refractivity contribution in [2.45, 2.75) is 24.5 Å². The first kappa shape index (κ1) is 13.9. The molecule has 10 heteroatoms. The van der Waals surface area contributed by atoms with E-state index in [9.17, 15) is 10.2 Å². The number of ether oxygens (including phenoxy) is 1. The lowest BCUT2D eigenvalue weighted by atomic mass is 10.1. The first-order valence-corrected chi connectivity index (χ1v) is 5.41. The third-order valence-corrected chi connectivity index (χ3v) is 2.73. The van der Waals surface area contributed by atoms with Gasteiger partial charge in [0.25, 0.3) is 0 Å². The molecule has 10 nitrogen and oxygen atoms in total. The van der Waals surface area contributed by atoms with Gasteiger partial charge in [-0.2, -0.15) is 0 Å². The van der Waals surface area contributed by atoms with Gasteiger partial charge in [-0.25, -0.2) is 9.97 Å². The number of aromatic nitrogens is 2. The first-order valence-electron chi connectivity index (χ1n) is 5.41. The van der Waals surface area contributed by atoms with E-state index >= 15 is 0 Å². The van der Waals surface area contributed by atoms with E-state index in [2.05, 4.69) is 15.3 Å². The number of hydrogen-bond acceptors (Lipinski definition) is 10. The summed E-state index contributed by atoms with van der Waals surface area (Å²) >= 11 is 0. The summed E-state index contributed by atoms with van der Waals surface area (Å²) < 4.78 is 5.17. The van der Waals surface area contributed by atoms with Crippen molar-refractivity contribution in [1.29, 1.82) is 0 Å². The van der Waals surface area contributed by atoms with Crippen LogP contribution in [0.25, 0.3) is 0 Å². The molecular formula is C9H14N4O6. The Hall–Kier alpha value is -1.56. The molecule has 0 spiro atoms. The maximum absolute atomic E-state index is 9.72. The highest BCUT2D eigenvalue weighted by Gasteiger charge is 2.42. The highest BCUT2D eigenvalue weighted by molar-refractivity contribution is 5.61. The molecule has 0 radical (unpaired) electrons. The van der Waals surface area contributed by atoms with Crippen LogP contribution < -0.4 is 10.5 Å². The van der Waals surface area contributed by atoms with Crippen molar-refractivity contribution in [1.82, 2.24) is 9.97 Å². The van der Waals surface area contributed by atoms with E-state index in [1.54, 1.807) is 0 Å². The van der Waals surface area contributed by atoms with Gasteiger partial charge in [-0.1, -0.05) is 0 Å². The van der Waals surface area contributed by atoms with Gasteiger partial charge in [-0.15, -0.1) is 5.23 Å². The Balaban J connectivity index is 2.14. The average molecular weight is 274 g/mol. The molecule has 19 heavy (non-hydrogen) atoms. The number of aliphatic hydroxyl groups is 3. The van der Waals surface area contributed by atoms with Gasteiger partial charge in [0.15, 0.2) is 17.7 Å². The summed E-state index contributed by atoms with van der Waals surface area (Å²) in [6.45, 7) is -0.459. The summed E-state index contributed by atoms with van der Waals surface area (Å²) in [7, 11) is 0. The Morgan fingerprint density at radius 3 is 2.63 bits per heavy atom. The average Bonchev–Trinajstić information content (AvgIpc) is 2.67. The van der Waals surface area contributed by atoms with Crippen LogP contribution in [0.3, 0.4) is 0 Å². The zero-order chi connectivity index (χ0) is 14.0. The van der Waals surface area contributed by atoms with Crippen molar-refractivity contribution in [2.75, 3.05) is 17.2 Å². The second-order valence-corrected chi connectivity index (χ2v) is 3.95. The SMILES string of the molecule is OCC1OC(Nc2ncncc2N(O)O)C(O)C1O. The molecule has 6 N–H and O–H groups in total. The molecule has 0 aliphatic carbocycles. The Kier molecular flexibility index (Phi) is 4.09. The summed E-state index contributed by atoms with van der Waals surface area (Å²) in [5, 5.41) is 48.6. The molecular weight excluding hydrogens is 260 g/mol. The van der Waals surface area contributed by atoms with Gasteiger partial charge in [0.05, 0.1) is 12.8 Å². The smallest absolute Gasteiger partial charge is 0.160 e. The van der Waals surface area contributed by atoms with Crippen molar-refractivity contribution >= 4 is 11.5 Å². The molecule has 1 aliphatic rings. The Bertz CT molecular complexity index is 433. The quantitative estimate of drug-likeness (QED) is 0.337. The van der Waals surface area contributed by atoms with Crippen LogP contribution in [0, 0.1) is 0 Å². The van der Waals surface area contributed by atoms with Crippen LogP contribution in [0.15, 0.2) is 12.5 Å². The summed E-state index contributed by atoms with van der Waals surface area (Å²) in [6, 6.07) is 0. The number of aliphatic hydroxyl groups excluding tert-OH is 3. The summed E-state index contributed by atoms with van der Waals surface area (Å²) in [4.78, 5) is 7.36. The molecule has 106 valence electrons. The molecule has 4 unspecified atom stereocenters. The number of hydrogen-bond donors (Lipinski definition) is 6. The normalized spacial score (nSPS) is 30.4. The molecule has 0 aromatic carbocycles. The number of anilines is 2. The minimum Gasteiger partial charge on any atom is -0.394 e. The fraction of sp³-hybridized carbons (Fsp3) is 0.556. The third kappa shape index (κ3) is 2.73. The lowest BCUT2D eigenvalue weighted by Crippen LogP contribution is -2.37. The number of nitrogens with one attached hydrogen (secondary N) is 1. The predicted molar refractivity (Wildman–Crippen MR) is 59.5 cm³/mol. The van der Waals surface area contributed by atoms with Crippen molar-refractivity contribution in [3.63, 3.8) is 0 Å². The minimum atomic E-state index is -1.30. The van der Waals surface area contributed by atoms with Crippen molar-refractivity contribution in [3.8, 4) is 0 Å². The number of nitrogens with zero attached hydrogens (tertiary/aromatic N) is 3. The Morgan fingerprint density at radius 1 is 1.32 bits per heavy atom. The fourth-order valence-electron chi connectivity index (χ4n) is 1.73. The van der Waals surface area contributed by atoms with Crippen LogP contribution >= 0.6 is 0 Å². The molecule has 0 saturated carbocycles. The second kappa shape index (κ2) is 5.61. The molecule has 1 aromatic heterocycles. The molecule has 0 bridgehead atoms. The van der Waals surface area contributed by atoms with Gasteiger partial charge in [-0.05, 0) is 0 Å². The highest BCUT2D eigenvalue weighted by atomic mass is 16.8. The monoisotopic (exact) mass is 274 g/mol. The van der Waals surface area contributed by atoms with E-state index in [1.807, 2.05) is 0 Å². The molecule has 2 heterocycles. The highest BCUT2D eigenvalue weighted by Crippen LogP contribution is 2.26. The van der Waals surface area contributed by atoms with Crippen LogP contribution in [0.4, 0.5) is 11.5 Å². The Morgan fingerprint density at radius 2 is 2.05 bits per heavy atom. The number of rotatable bonds is 4. The second-order valence-electron chi connectivity index (χ2n) is 3.95. The molecule has 1 aromatic rings. The standard InChI is InChI=1S/C9H14N4O6/c14-2-5-6(15)7(16)9(19-5)12-8-4(13(17)18)1-10-3-11-8/h1,3,5-7,9,14-18H,2H2,(H,10,11,12). The van der Waals surface area contributed by atoms with E-state index in [0.29, 0.717) is 0 Å². The van der Waals surface area contributed by atoms with Gasteiger partial charge >= 0.3 is 0 Å². The van der Waals surface area contributed by atoms with E-state index in [-0.39, 0.29) is 16.7 Å². The minimum absolute atomic E-state index is 0.0187. The molecule has 2 rings (SSSR count). The summed E-state index contributed by atoms with van der Waals surface area (Å²) in [5.74, 6) is -0.0187. The Labute approximate surface area is 107 Å². The zero-order valence-corrected chi connectivity index (χ0v) is 9.66. The first-order chi connectivity index (χ1) is 9.04. The molecule has 1 aliphatic heterocycles. The lowest BCUT2D eigenvalue weighted by molar-refractivity contribution is -0.0155. The van der Waals surface area contributed by atoms with Gasteiger partial charge < -0.3 is 25.4 Å². The fourth-order valence-corrected chi connectivity index (χ4v) is 1.73. The summed E-state index contributed by atoms with van der Waals surface area (Å²) in [6.07, 6.45) is -2.27. The lowest BCUT2D eigenvalue weighted by Gasteiger charge is -2.19. The van der Waals surface area contributed by atoms with Crippen molar-refractivity contribution < 1.29 is 30.5 Å². The summed E-state index contributed by atoms with van der Waals surface area (Å²) in [5.41, 5.74) is -0.166. The van der Waals surface area contributed by atoms with Crippen LogP contribution in [-0.2, 0) is 4.74 Å². The zero-order valence-electron chi connectivity index (χ0n) is 9.66.